The average molecular weight is 368 g/mol. The first kappa shape index (κ1) is 19.8. The number of guanidine groups is 1. The van der Waals surface area contributed by atoms with Gasteiger partial charge in [0.2, 0.25) is 0 Å². The van der Waals surface area contributed by atoms with Gasteiger partial charge in [-0.3, -0.25) is 4.99 Å². The summed E-state index contributed by atoms with van der Waals surface area (Å²) in [7, 11) is 1.61. The zero-order valence-electron chi connectivity index (χ0n) is 15.1. The van der Waals surface area contributed by atoms with Gasteiger partial charge in [0.1, 0.15) is 5.76 Å². The van der Waals surface area contributed by atoms with Crippen molar-refractivity contribution < 1.29 is 17.7 Å². The van der Waals surface area contributed by atoms with Crippen molar-refractivity contribution in [3.63, 3.8) is 0 Å². The van der Waals surface area contributed by atoms with Gasteiger partial charge in [-0.05, 0) is 24.1 Å². The van der Waals surface area contributed by atoms with E-state index in [-0.39, 0.29) is 6.54 Å². The highest BCUT2D eigenvalue weighted by Gasteiger charge is 2.30. The number of hydrogen-bond donors (Lipinski definition) is 2. The minimum Gasteiger partial charge on any atom is -0.361 e. The third-order valence-electron chi connectivity index (χ3n) is 3.98. The van der Waals surface area contributed by atoms with E-state index in [2.05, 4.69) is 20.8 Å². The predicted octanol–water partition coefficient (Wildman–Crippen LogP) is 3.68. The fourth-order valence-corrected chi connectivity index (χ4v) is 2.57. The number of nitrogens with zero attached hydrogens (tertiary/aromatic N) is 2. The van der Waals surface area contributed by atoms with E-state index in [9.17, 15) is 13.2 Å². The van der Waals surface area contributed by atoms with E-state index in [0.29, 0.717) is 18.1 Å². The van der Waals surface area contributed by atoms with Crippen molar-refractivity contribution in [3.8, 4) is 0 Å². The molecule has 2 aromatic rings. The molecule has 0 saturated carbocycles. The first-order chi connectivity index (χ1) is 12.4. The summed E-state index contributed by atoms with van der Waals surface area (Å²) < 4.78 is 43.7. The lowest BCUT2D eigenvalue weighted by Crippen LogP contribution is -2.36. The molecule has 0 radical (unpaired) electrons. The second-order valence-corrected chi connectivity index (χ2v) is 5.72. The fourth-order valence-electron chi connectivity index (χ4n) is 2.57. The first-order valence-electron chi connectivity index (χ1n) is 8.45. The van der Waals surface area contributed by atoms with Gasteiger partial charge in [0, 0.05) is 32.1 Å². The SMILES string of the molecule is CCc1noc(CC)c1CNC(=NC)NCc1cccc(C(F)(F)F)c1. The number of hydrogen-bond acceptors (Lipinski definition) is 3. The predicted molar refractivity (Wildman–Crippen MR) is 93.7 cm³/mol. The molecule has 1 heterocycles. The zero-order chi connectivity index (χ0) is 19.2. The van der Waals surface area contributed by atoms with Crippen molar-refractivity contribution in [2.24, 2.45) is 4.99 Å². The van der Waals surface area contributed by atoms with Gasteiger partial charge in [-0.15, -0.1) is 0 Å². The van der Waals surface area contributed by atoms with Gasteiger partial charge in [0.25, 0.3) is 0 Å². The fraction of sp³-hybridized carbons (Fsp3) is 0.444. The van der Waals surface area contributed by atoms with E-state index in [1.54, 1.807) is 13.1 Å². The topological polar surface area (TPSA) is 62.5 Å². The summed E-state index contributed by atoms with van der Waals surface area (Å²) in [4.78, 5) is 4.11. The van der Waals surface area contributed by atoms with Crippen molar-refractivity contribution >= 4 is 5.96 Å². The first-order valence-corrected chi connectivity index (χ1v) is 8.45. The Balaban J connectivity index is 1.98. The number of halogens is 3. The van der Waals surface area contributed by atoms with Gasteiger partial charge in [-0.1, -0.05) is 31.1 Å². The summed E-state index contributed by atoms with van der Waals surface area (Å²) in [6.07, 6.45) is -2.85. The molecule has 1 aromatic carbocycles. The maximum absolute atomic E-state index is 12.8. The Hall–Kier alpha value is -2.51. The average Bonchev–Trinajstić information content (AvgIpc) is 3.03. The lowest BCUT2D eigenvalue weighted by Gasteiger charge is -2.13. The monoisotopic (exact) mass is 368 g/mol. The van der Waals surface area contributed by atoms with E-state index in [4.69, 9.17) is 4.52 Å². The van der Waals surface area contributed by atoms with Gasteiger partial charge in [-0.2, -0.15) is 13.2 Å². The minimum absolute atomic E-state index is 0.231. The maximum atomic E-state index is 12.8. The Kier molecular flexibility index (Phi) is 6.65. The van der Waals surface area contributed by atoms with Crippen LogP contribution in [0.1, 0.15) is 42.0 Å². The van der Waals surface area contributed by atoms with E-state index in [0.717, 1.165) is 42.0 Å². The second-order valence-electron chi connectivity index (χ2n) is 5.72. The smallest absolute Gasteiger partial charge is 0.361 e. The quantitative estimate of drug-likeness (QED) is 0.603. The molecule has 0 aliphatic rings. The molecule has 5 nitrogen and oxygen atoms in total. The molecule has 2 N–H and O–H groups in total. The lowest BCUT2D eigenvalue weighted by molar-refractivity contribution is -0.137. The van der Waals surface area contributed by atoms with Crippen molar-refractivity contribution in [1.82, 2.24) is 15.8 Å². The van der Waals surface area contributed by atoms with Crippen LogP contribution in [0.4, 0.5) is 13.2 Å². The summed E-state index contributed by atoms with van der Waals surface area (Å²) in [5.41, 5.74) is 1.75. The molecule has 26 heavy (non-hydrogen) atoms. The number of aromatic nitrogens is 1. The van der Waals surface area contributed by atoms with Crippen LogP contribution in [-0.4, -0.2) is 18.2 Å². The highest BCUT2D eigenvalue weighted by Crippen LogP contribution is 2.29. The molecule has 0 atom stereocenters. The number of rotatable bonds is 6. The van der Waals surface area contributed by atoms with E-state index < -0.39 is 11.7 Å². The molecule has 8 heteroatoms. The third-order valence-corrected chi connectivity index (χ3v) is 3.98. The normalized spacial score (nSPS) is 12.3. The van der Waals surface area contributed by atoms with Crippen LogP contribution in [-0.2, 0) is 32.1 Å². The van der Waals surface area contributed by atoms with Crippen LogP contribution in [0, 0.1) is 0 Å². The van der Waals surface area contributed by atoms with Crippen LogP contribution in [0.15, 0.2) is 33.8 Å². The van der Waals surface area contributed by atoms with Crippen molar-refractivity contribution in [2.45, 2.75) is 46.0 Å². The summed E-state index contributed by atoms with van der Waals surface area (Å²) in [6.45, 7) is 4.71. The van der Waals surface area contributed by atoms with Crippen molar-refractivity contribution in [3.05, 3.63) is 52.4 Å². The Bertz CT molecular complexity index is 732. The Labute approximate surface area is 150 Å². The number of alkyl halides is 3. The summed E-state index contributed by atoms with van der Waals surface area (Å²) >= 11 is 0. The molecule has 2 rings (SSSR count). The Morgan fingerprint density at radius 2 is 1.88 bits per heavy atom. The van der Waals surface area contributed by atoms with Crippen LogP contribution >= 0.6 is 0 Å². The van der Waals surface area contributed by atoms with Crippen molar-refractivity contribution in [2.75, 3.05) is 7.05 Å². The highest BCUT2D eigenvalue weighted by atomic mass is 19.4. The third kappa shape index (κ3) is 5.00. The van der Waals surface area contributed by atoms with E-state index in [1.807, 2.05) is 13.8 Å². The van der Waals surface area contributed by atoms with Crippen LogP contribution in [0.2, 0.25) is 0 Å². The summed E-state index contributed by atoms with van der Waals surface area (Å²) in [6, 6.07) is 5.22. The molecule has 0 saturated heterocycles. The van der Waals surface area contributed by atoms with Gasteiger partial charge in [0.05, 0.1) is 11.3 Å². The Morgan fingerprint density at radius 3 is 2.50 bits per heavy atom. The van der Waals surface area contributed by atoms with Crippen LogP contribution in [0.5, 0.6) is 0 Å². The minimum atomic E-state index is -4.35. The van der Waals surface area contributed by atoms with Crippen LogP contribution in [0.3, 0.4) is 0 Å². The molecule has 0 bridgehead atoms. The molecule has 0 amide bonds. The number of aryl methyl sites for hydroxylation is 2. The van der Waals surface area contributed by atoms with Crippen LogP contribution in [0.25, 0.3) is 0 Å². The molecular weight excluding hydrogens is 345 g/mol. The van der Waals surface area contributed by atoms with Crippen LogP contribution < -0.4 is 10.6 Å². The number of benzene rings is 1. The van der Waals surface area contributed by atoms with Gasteiger partial charge >= 0.3 is 6.18 Å². The largest absolute Gasteiger partial charge is 0.416 e. The molecule has 0 unspecified atom stereocenters. The molecule has 0 spiro atoms. The highest BCUT2D eigenvalue weighted by molar-refractivity contribution is 5.79. The molecule has 142 valence electrons. The van der Waals surface area contributed by atoms with E-state index in [1.165, 1.54) is 6.07 Å². The number of aliphatic imine (C=N–C) groups is 1. The Morgan fingerprint density at radius 1 is 1.15 bits per heavy atom. The maximum Gasteiger partial charge on any atom is 0.416 e. The zero-order valence-corrected chi connectivity index (χ0v) is 15.1. The van der Waals surface area contributed by atoms with Gasteiger partial charge in [0.15, 0.2) is 5.96 Å². The standard InChI is InChI=1S/C18H23F3N4O/c1-4-15-14(16(5-2)26-25-15)11-24-17(22-3)23-10-12-7-6-8-13(9-12)18(19,20)21/h6-9H,4-5,10-11H2,1-3H3,(H2,22,23,24). The van der Waals surface area contributed by atoms with E-state index >= 15 is 0 Å². The summed E-state index contributed by atoms with van der Waals surface area (Å²) in [5, 5.41) is 10.2. The number of nitrogens with one attached hydrogen (secondary N) is 2. The molecule has 0 fully saturated rings. The molecular formula is C18H23F3N4O. The lowest BCUT2D eigenvalue weighted by atomic mass is 10.1. The van der Waals surface area contributed by atoms with Crippen molar-refractivity contribution in [1.29, 1.82) is 0 Å². The summed E-state index contributed by atoms with van der Waals surface area (Å²) in [5.74, 6) is 1.32. The molecule has 0 aliphatic carbocycles. The molecule has 0 aliphatic heterocycles. The van der Waals surface area contributed by atoms with Gasteiger partial charge < -0.3 is 15.2 Å². The molecule has 1 aromatic heterocycles. The second kappa shape index (κ2) is 8.73. The van der Waals surface area contributed by atoms with Gasteiger partial charge in [-0.25, -0.2) is 0 Å².